The van der Waals surface area contributed by atoms with Gasteiger partial charge in [-0.15, -0.1) is 0 Å². The molecule has 0 atom stereocenters. The Morgan fingerprint density at radius 2 is 2.14 bits per heavy atom. The molecule has 0 bridgehead atoms. The van der Waals surface area contributed by atoms with Crippen molar-refractivity contribution in [3.63, 3.8) is 0 Å². The molecule has 5 nitrogen and oxygen atoms in total. The summed E-state index contributed by atoms with van der Waals surface area (Å²) in [7, 11) is 0. The Morgan fingerprint density at radius 1 is 1.29 bits per heavy atom. The van der Waals surface area contributed by atoms with Crippen LogP contribution in [0, 0.1) is 0 Å². The largest absolute Gasteiger partial charge is 0.331 e. The van der Waals surface area contributed by atoms with E-state index in [-0.39, 0.29) is 0 Å². The molecule has 1 fully saturated rings. The van der Waals surface area contributed by atoms with Crippen molar-refractivity contribution in [2.45, 2.75) is 51.6 Å². The molecule has 21 heavy (non-hydrogen) atoms. The van der Waals surface area contributed by atoms with Crippen LogP contribution in [0.25, 0.3) is 0 Å². The number of nitrogens with one attached hydrogen (secondary N) is 1. The Morgan fingerprint density at radius 3 is 2.95 bits per heavy atom. The second-order valence-corrected chi connectivity index (χ2v) is 5.87. The molecule has 2 aromatic heterocycles. The summed E-state index contributed by atoms with van der Waals surface area (Å²) in [5.41, 5.74) is 2.27. The standard InChI is InChI=1S/C16H25N5/c1-2-17-9-7-14-11-20(13-18-14)12-15-8-10-21(19-15)16-5-3-4-6-16/h8,10-11,13,16-17H,2-7,9,12H2,1H3. The second kappa shape index (κ2) is 6.89. The summed E-state index contributed by atoms with van der Waals surface area (Å²) >= 11 is 0. The fraction of sp³-hybridized carbons (Fsp3) is 0.625. The molecule has 0 radical (unpaired) electrons. The van der Waals surface area contributed by atoms with Crippen LogP contribution in [-0.4, -0.2) is 32.4 Å². The highest BCUT2D eigenvalue weighted by atomic mass is 15.3. The lowest BCUT2D eigenvalue weighted by molar-refractivity contribution is 0.461. The first-order valence-corrected chi connectivity index (χ1v) is 8.10. The van der Waals surface area contributed by atoms with Gasteiger partial charge in [0.15, 0.2) is 0 Å². The molecule has 3 rings (SSSR count). The van der Waals surface area contributed by atoms with Crippen LogP contribution in [0.5, 0.6) is 0 Å². The number of rotatable bonds is 7. The molecule has 0 saturated heterocycles. The summed E-state index contributed by atoms with van der Waals surface area (Å²) in [6, 6.07) is 2.76. The van der Waals surface area contributed by atoms with E-state index in [0.717, 1.165) is 37.4 Å². The maximum atomic E-state index is 4.73. The first-order valence-electron chi connectivity index (χ1n) is 8.10. The van der Waals surface area contributed by atoms with Gasteiger partial charge in [-0.25, -0.2) is 4.98 Å². The number of imidazole rings is 1. The van der Waals surface area contributed by atoms with Gasteiger partial charge >= 0.3 is 0 Å². The van der Waals surface area contributed by atoms with E-state index in [1.807, 2.05) is 6.33 Å². The van der Waals surface area contributed by atoms with Crippen molar-refractivity contribution in [2.75, 3.05) is 13.1 Å². The summed E-state index contributed by atoms with van der Waals surface area (Å²) < 4.78 is 4.29. The van der Waals surface area contributed by atoms with Crippen LogP contribution in [0.15, 0.2) is 24.8 Å². The van der Waals surface area contributed by atoms with Crippen LogP contribution < -0.4 is 5.32 Å². The zero-order valence-electron chi connectivity index (χ0n) is 12.8. The summed E-state index contributed by atoms with van der Waals surface area (Å²) in [5.74, 6) is 0. The van der Waals surface area contributed by atoms with Gasteiger partial charge in [0.05, 0.1) is 30.3 Å². The number of aromatic nitrogens is 4. The first-order chi connectivity index (χ1) is 10.3. The Bertz CT molecular complexity index is 551. The second-order valence-electron chi connectivity index (χ2n) is 5.87. The predicted octanol–water partition coefficient (Wildman–Crippen LogP) is 2.40. The van der Waals surface area contributed by atoms with Gasteiger partial charge in [0.25, 0.3) is 0 Å². The highest BCUT2D eigenvalue weighted by Crippen LogP contribution is 2.28. The van der Waals surface area contributed by atoms with Crippen LogP contribution in [0.4, 0.5) is 0 Å². The minimum Gasteiger partial charge on any atom is -0.331 e. The van der Waals surface area contributed by atoms with E-state index >= 15 is 0 Å². The third-order valence-electron chi connectivity index (χ3n) is 4.20. The molecule has 1 N–H and O–H groups in total. The summed E-state index contributed by atoms with van der Waals surface area (Å²) in [5, 5.41) is 8.05. The average molecular weight is 287 g/mol. The topological polar surface area (TPSA) is 47.7 Å². The summed E-state index contributed by atoms with van der Waals surface area (Å²) in [6.45, 7) is 4.94. The monoisotopic (exact) mass is 287 g/mol. The summed E-state index contributed by atoms with van der Waals surface area (Å²) in [6.07, 6.45) is 12.4. The summed E-state index contributed by atoms with van der Waals surface area (Å²) in [4.78, 5) is 4.46. The van der Waals surface area contributed by atoms with E-state index in [9.17, 15) is 0 Å². The molecule has 1 saturated carbocycles. The van der Waals surface area contributed by atoms with Crippen molar-refractivity contribution in [3.05, 3.63) is 36.2 Å². The lowest BCUT2D eigenvalue weighted by Gasteiger charge is -2.08. The zero-order valence-corrected chi connectivity index (χ0v) is 12.8. The molecule has 2 heterocycles. The van der Waals surface area contributed by atoms with E-state index < -0.39 is 0 Å². The Kier molecular flexibility index (Phi) is 4.70. The van der Waals surface area contributed by atoms with Gasteiger partial charge in [-0.2, -0.15) is 5.10 Å². The van der Waals surface area contributed by atoms with Crippen molar-refractivity contribution >= 4 is 0 Å². The quantitative estimate of drug-likeness (QED) is 0.795. The van der Waals surface area contributed by atoms with E-state index in [4.69, 9.17) is 5.10 Å². The van der Waals surface area contributed by atoms with Crippen LogP contribution >= 0.6 is 0 Å². The Balaban J connectivity index is 1.56. The molecule has 0 aliphatic heterocycles. The molecule has 0 unspecified atom stereocenters. The minimum atomic E-state index is 0.622. The molecule has 0 spiro atoms. The molecule has 1 aliphatic carbocycles. The van der Waals surface area contributed by atoms with Crippen molar-refractivity contribution in [1.29, 1.82) is 0 Å². The fourth-order valence-corrected chi connectivity index (χ4v) is 3.04. The third kappa shape index (κ3) is 3.73. The lowest BCUT2D eigenvalue weighted by atomic mass is 10.3. The highest BCUT2D eigenvalue weighted by molar-refractivity contribution is 5.04. The minimum absolute atomic E-state index is 0.622. The molecule has 0 amide bonds. The van der Waals surface area contributed by atoms with Crippen molar-refractivity contribution in [2.24, 2.45) is 0 Å². The molecule has 0 aromatic carbocycles. The molecule has 2 aromatic rings. The molecule has 5 heteroatoms. The van der Waals surface area contributed by atoms with Crippen LogP contribution in [-0.2, 0) is 13.0 Å². The average Bonchev–Trinajstić information content (AvgIpc) is 3.20. The van der Waals surface area contributed by atoms with E-state index in [0.29, 0.717) is 6.04 Å². The van der Waals surface area contributed by atoms with E-state index in [1.54, 1.807) is 0 Å². The fourth-order valence-electron chi connectivity index (χ4n) is 3.04. The highest BCUT2D eigenvalue weighted by Gasteiger charge is 2.17. The number of hydrogen-bond donors (Lipinski definition) is 1. The van der Waals surface area contributed by atoms with E-state index in [1.165, 1.54) is 25.7 Å². The first kappa shape index (κ1) is 14.3. The van der Waals surface area contributed by atoms with Crippen LogP contribution in [0.3, 0.4) is 0 Å². The zero-order chi connectivity index (χ0) is 14.5. The van der Waals surface area contributed by atoms with Gasteiger partial charge in [-0.3, -0.25) is 4.68 Å². The van der Waals surface area contributed by atoms with Gasteiger partial charge in [0.2, 0.25) is 0 Å². The van der Waals surface area contributed by atoms with Crippen molar-refractivity contribution in [3.8, 4) is 0 Å². The van der Waals surface area contributed by atoms with Crippen molar-refractivity contribution in [1.82, 2.24) is 24.6 Å². The maximum absolute atomic E-state index is 4.73. The normalized spacial score (nSPS) is 15.9. The van der Waals surface area contributed by atoms with Gasteiger partial charge in [-0.1, -0.05) is 19.8 Å². The lowest BCUT2D eigenvalue weighted by Crippen LogP contribution is -2.16. The van der Waals surface area contributed by atoms with Gasteiger partial charge in [0, 0.05) is 25.4 Å². The molecular weight excluding hydrogens is 262 g/mol. The number of nitrogens with zero attached hydrogens (tertiary/aromatic N) is 4. The van der Waals surface area contributed by atoms with Gasteiger partial charge in [0.1, 0.15) is 0 Å². The molecular formula is C16H25N5. The third-order valence-corrected chi connectivity index (χ3v) is 4.20. The van der Waals surface area contributed by atoms with Gasteiger partial charge in [-0.05, 0) is 25.5 Å². The maximum Gasteiger partial charge on any atom is 0.0953 e. The van der Waals surface area contributed by atoms with Crippen LogP contribution in [0.1, 0.15) is 50.0 Å². The van der Waals surface area contributed by atoms with E-state index in [2.05, 4.69) is 44.9 Å². The number of hydrogen-bond acceptors (Lipinski definition) is 3. The number of likely N-dealkylation sites (N-methyl/N-ethyl adjacent to an activating group) is 1. The van der Waals surface area contributed by atoms with Gasteiger partial charge < -0.3 is 9.88 Å². The SMILES string of the molecule is CCNCCc1cn(Cc2ccn(C3CCCC3)n2)cn1. The van der Waals surface area contributed by atoms with Crippen molar-refractivity contribution < 1.29 is 0 Å². The molecule has 114 valence electrons. The molecule has 1 aliphatic rings. The predicted molar refractivity (Wildman–Crippen MR) is 83.3 cm³/mol. The Labute approximate surface area is 126 Å². The smallest absolute Gasteiger partial charge is 0.0953 e. The van der Waals surface area contributed by atoms with Crippen LogP contribution in [0.2, 0.25) is 0 Å². The Hall–Kier alpha value is -1.62.